The van der Waals surface area contributed by atoms with E-state index in [9.17, 15) is 4.79 Å². The average molecular weight is 342 g/mol. The second-order valence-electron chi connectivity index (χ2n) is 5.56. The summed E-state index contributed by atoms with van der Waals surface area (Å²) in [5.41, 5.74) is 10.7. The van der Waals surface area contributed by atoms with E-state index in [0.717, 1.165) is 25.7 Å². The number of esters is 1. The fourth-order valence-corrected chi connectivity index (χ4v) is 2.71. The van der Waals surface area contributed by atoms with Crippen LogP contribution in [0.15, 0.2) is 29.3 Å². The Labute approximate surface area is 142 Å². The molecule has 23 heavy (non-hydrogen) atoms. The predicted molar refractivity (Wildman–Crippen MR) is 92.0 cm³/mol. The first-order chi connectivity index (χ1) is 10.6. The predicted octanol–water partition coefficient (Wildman–Crippen LogP) is 2.10. The van der Waals surface area contributed by atoms with Crippen molar-refractivity contribution in [2.24, 2.45) is 28.3 Å². The van der Waals surface area contributed by atoms with Crippen LogP contribution in [0.1, 0.15) is 25.7 Å². The summed E-state index contributed by atoms with van der Waals surface area (Å²) >= 11 is 0. The molecule has 0 amide bonds. The van der Waals surface area contributed by atoms with E-state index in [2.05, 4.69) is 4.99 Å². The van der Waals surface area contributed by atoms with Crippen molar-refractivity contribution in [2.45, 2.75) is 25.7 Å². The molecule has 1 aromatic rings. The molecule has 128 valence electrons. The van der Waals surface area contributed by atoms with Crippen LogP contribution in [0.25, 0.3) is 0 Å². The number of carbonyl (C=O) groups is 1. The Morgan fingerprint density at radius 1 is 1.17 bits per heavy atom. The van der Waals surface area contributed by atoms with Crippen LogP contribution >= 0.6 is 12.4 Å². The standard InChI is InChI=1S/C16H23N3O3.ClH/c1-21-13-4-2-3-5-14(13)22-15(20)12-8-6-11(7-9-12)10-19-16(17)18;/h2-5,11-12H,6-10H2,1H3,(H4,17,18,19);1H. The molecule has 1 aliphatic carbocycles. The number of hydrogen-bond acceptors (Lipinski definition) is 4. The number of hydrogen-bond donors (Lipinski definition) is 2. The summed E-state index contributed by atoms with van der Waals surface area (Å²) in [6, 6.07) is 7.16. The lowest BCUT2D eigenvalue weighted by molar-refractivity contribution is -0.140. The first kappa shape index (κ1) is 19.1. The maximum Gasteiger partial charge on any atom is 0.314 e. The van der Waals surface area contributed by atoms with E-state index in [1.807, 2.05) is 12.1 Å². The lowest BCUT2D eigenvalue weighted by Crippen LogP contribution is -2.28. The molecule has 0 saturated heterocycles. The van der Waals surface area contributed by atoms with Crippen molar-refractivity contribution in [1.82, 2.24) is 0 Å². The van der Waals surface area contributed by atoms with Gasteiger partial charge in [-0.3, -0.25) is 9.79 Å². The molecule has 0 aromatic heterocycles. The minimum atomic E-state index is -0.190. The number of para-hydroxylation sites is 2. The summed E-state index contributed by atoms with van der Waals surface area (Å²) in [6.07, 6.45) is 3.47. The molecular formula is C16H24ClN3O3. The molecular weight excluding hydrogens is 318 g/mol. The molecule has 1 aromatic carbocycles. The number of aliphatic imine (C=N–C) groups is 1. The first-order valence-corrected chi connectivity index (χ1v) is 7.50. The third kappa shape index (κ3) is 5.63. The quantitative estimate of drug-likeness (QED) is 0.370. The summed E-state index contributed by atoms with van der Waals surface area (Å²) in [6.45, 7) is 0.636. The van der Waals surface area contributed by atoms with Gasteiger partial charge in [0.25, 0.3) is 0 Å². The van der Waals surface area contributed by atoms with Crippen molar-refractivity contribution >= 4 is 24.3 Å². The first-order valence-electron chi connectivity index (χ1n) is 7.50. The Kier molecular flexibility index (Phi) is 7.68. The van der Waals surface area contributed by atoms with Crippen LogP contribution in [0.2, 0.25) is 0 Å². The van der Waals surface area contributed by atoms with Crippen molar-refractivity contribution in [3.8, 4) is 11.5 Å². The molecule has 1 fully saturated rings. The molecule has 0 bridgehead atoms. The van der Waals surface area contributed by atoms with Gasteiger partial charge in [0.1, 0.15) is 0 Å². The fourth-order valence-electron chi connectivity index (χ4n) is 2.71. The van der Waals surface area contributed by atoms with Gasteiger partial charge in [-0.25, -0.2) is 0 Å². The van der Waals surface area contributed by atoms with Crippen LogP contribution in [0.4, 0.5) is 0 Å². The largest absolute Gasteiger partial charge is 0.493 e. The molecule has 1 saturated carbocycles. The summed E-state index contributed by atoms with van der Waals surface area (Å²) in [5.74, 6) is 1.34. The van der Waals surface area contributed by atoms with Gasteiger partial charge < -0.3 is 20.9 Å². The molecule has 7 heteroatoms. The Morgan fingerprint density at radius 2 is 1.78 bits per heavy atom. The maximum atomic E-state index is 12.3. The van der Waals surface area contributed by atoms with E-state index in [1.54, 1.807) is 19.2 Å². The second kappa shape index (κ2) is 9.25. The normalized spacial score (nSPS) is 20.0. The van der Waals surface area contributed by atoms with Crippen molar-refractivity contribution in [2.75, 3.05) is 13.7 Å². The van der Waals surface area contributed by atoms with Crippen molar-refractivity contribution in [1.29, 1.82) is 0 Å². The number of methoxy groups -OCH3 is 1. The molecule has 0 spiro atoms. The number of rotatable bonds is 5. The maximum absolute atomic E-state index is 12.3. The van der Waals surface area contributed by atoms with E-state index in [4.69, 9.17) is 20.9 Å². The molecule has 4 N–H and O–H groups in total. The zero-order chi connectivity index (χ0) is 15.9. The average Bonchev–Trinajstić information content (AvgIpc) is 2.54. The van der Waals surface area contributed by atoms with Gasteiger partial charge in [-0.1, -0.05) is 12.1 Å². The molecule has 1 aliphatic rings. The Hall–Kier alpha value is -1.95. The van der Waals surface area contributed by atoms with Crippen molar-refractivity contribution in [3.63, 3.8) is 0 Å². The fraction of sp³-hybridized carbons (Fsp3) is 0.500. The highest BCUT2D eigenvalue weighted by Crippen LogP contribution is 2.32. The Bertz CT molecular complexity index is 539. The number of ether oxygens (including phenoxy) is 2. The summed E-state index contributed by atoms with van der Waals surface area (Å²) in [5, 5.41) is 0. The summed E-state index contributed by atoms with van der Waals surface area (Å²) in [4.78, 5) is 16.3. The van der Waals surface area contributed by atoms with E-state index in [0.29, 0.717) is 24.0 Å². The lowest BCUT2D eigenvalue weighted by atomic mass is 9.82. The lowest BCUT2D eigenvalue weighted by Gasteiger charge is -2.26. The Balaban J connectivity index is 0.00000264. The van der Waals surface area contributed by atoms with Crippen LogP contribution < -0.4 is 20.9 Å². The molecule has 0 radical (unpaired) electrons. The van der Waals surface area contributed by atoms with E-state index < -0.39 is 0 Å². The second-order valence-corrected chi connectivity index (χ2v) is 5.56. The number of benzene rings is 1. The third-order valence-corrected chi connectivity index (χ3v) is 3.99. The summed E-state index contributed by atoms with van der Waals surface area (Å²) < 4.78 is 10.7. The van der Waals surface area contributed by atoms with Gasteiger partial charge in [-0.15, -0.1) is 12.4 Å². The SMILES string of the molecule is COc1ccccc1OC(=O)C1CCC(CN=C(N)N)CC1.Cl. The van der Waals surface area contributed by atoms with E-state index in [-0.39, 0.29) is 30.3 Å². The third-order valence-electron chi connectivity index (χ3n) is 3.99. The zero-order valence-corrected chi connectivity index (χ0v) is 14.1. The zero-order valence-electron chi connectivity index (χ0n) is 13.2. The minimum Gasteiger partial charge on any atom is -0.493 e. The van der Waals surface area contributed by atoms with Crippen LogP contribution in [0.3, 0.4) is 0 Å². The number of halogens is 1. The highest BCUT2D eigenvalue weighted by Gasteiger charge is 2.28. The number of nitrogens with zero attached hydrogens (tertiary/aromatic N) is 1. The van der Waals surface area contributed by atoms with Gasteiger partial charge in [0.15, 0.2) is 17.5 Å². The van der Waals surface area contributed by atoms with Crippen molar-refractivity contribution in [3.05, 3.63) is 24.3 Å². The van der Waals surface area contributed by atoms with Gasteiger partial charge >= 0.3 is 5.97 Å². The van der Waals surface area contributed by atoms with Gasteiger partial charge in [0, 0.05) is 6.54 Å². The van der Waals surface area contributed by atoms with Crippen LogP contribution in [-0.4, -0.2) is 25.6 Å². The highest BCUT2D eigenvalue weighted by molar-refractivity contribution is 5.85. The van der Waals surface area contributed by atoms with Gasteiger partial charge in [-0.05, 0) is 43.7 Å². The van der Waals surface area contributed by atoms with Crippen molar-refractivity contribution < 1.29 is 14.3 Å². The molecule has 6 nitrogen and oxygen atoms in total. The van der Waals surface area contributed by atoms with E-state index in [1.165, 1.54) is 0 Å². The number of nitrogens with two attached hydrogens (primary N) is 2. The molecule has 0 unspecified atom stereocenters. The van der Waals surface area contributed by atoms with Crippen LogP contribution in [-0.2, 0) is 4.79 Å². The monoisotopic (exact) mass is 341 g/mol. The van der Waals surface area contributed by atoms with E-state index >= 15 is 0 Å². The number of guanidine groups is 1. The highest BCUT2D eigenvalue weighted by atomic mass is 35.5. The van der Waals surface area contributed by atoms with Gasteiger partial charge in [0.05, 0.1) is 13.0 Å². The smallest absolute Gasteiger partial charge is 0.314 e. The number of carbonyl (C=O) groups excluding carboxylic acids is 1. The minimum absolute atomic E-state index is 0. The van der Waals surface area contributed by atoms with Crippen LogP contribution in [0.5, 0.6) is 11.5 Å². The summed E-state index contributed by atoms with van der Waals surface area (Å²) in [7, 11) is 1.56. The van der Waals surface area contributed by atoms with Crippen LogP contribution in [0, 0.1) is 11.8 Å². The van der Waals surface area contributed by atoms with Gasteiger partial charge in [-0.2, -0.15) is 0 Å². The molecule has 0 heterocycles. The topological polar surface area (TPSA) is 99.9 Å². The molecule has 0 aliphatic heterocycles. The molecule has 2 rings (SSSR count). The molecule has 0 atom stereocenters. The Morgan fingerprint density at radius 3 is 2.35 bits per heavy atom. The van der Waals surface area contributed by atoms with Gasteiger partial charge in [0.2, 0.25) is 0 Å².